The zero-order valence-electron chi connectivity index (χ0n) is 14.7. The van der Waals surface area contributed by atoms with Gasteiger partial charge in [-0.05, 0) is 18.6 Å². The third-order valence-electron chi connectivity index (χ3n) is 4.27. The highest BCUT2D eigenvalue weighted by Crippen LogP contribution is 2.24. The first kappa shape index (κ1) is 17.2. The van der Waals surface area contributed by atoms with Gasteiger partial charge in [0, 0.05) is 29.0 Å². The Morgan fingerprint density at radius 2 is 1.81 bits per heavy atom. The Morgan fingerprint density at radius 1 is 1.07 bits per heavy atom. The maximum Gasteiger partial charge on any atom is 0.298 e. The number of aryl methyl sites for hydroxylation is 1. The second kappa shape index (κ2) is 7.17. The summed E-state index contributed by atoms with van der Waals surface area (Å²) < 4.78 is 2.00. The molecule has 2 heterocycles. The SMILES string of the molecule is Cc1csc(NC(=O)C(=O)c2cn(Cc3ccccc3)c3ccccc23)n1. The van der Waals surface area contributed by atoms with Crippen molar-refractivity contribution in [2.24, 2.45) is 0 Å². The van der Waals surface area contributed by atoms with Crippen LogP contribution in [0.4, 0.5) is 5.13 Å². The van der Waals surface area contributed by atoms with Crippen LogP contribution in [0, 0.1) is 6.92 Å². The van der Waals surface area contributed by atoms with Crippen LogP contribution in [0.3, 0.4) is 0 Å². The van der Waals surface area contributed by atoms with Crippen molar-refractivity contribution < 1.29 is 9.59 Å². The van der Waals surface area contributed by atoms with Crippen molar-refractivity contribution in [2.75, 3.05) is 5.32 Å². The Hall–Kier alpha value is -3.25. The van der Waals surface area contributed by atoms with E-state index < -0.39 is 11.7 Å². The minimum atomic E-state index is -0.674. The van der Waals surface area contributed by atoms with Gasteiger partial charge in [0.25, 0.3) is 11.7 Å². The lowest BCUT2D eigenvalue weighted by Gasteiger charge is -2.05. The van der Waals surface area contributed by atoms with E-state index in [0.717, 1.165) is 22.2 Å². The van der Waals surface area contributed by atoms with Crippen molar-refractivity contribution in [3.8, 4) is 0 Å². The first-order valence-electron chi connectivity index (χ1n) is 8.51. The van der Waals surface area contributed by atoms with Gasteiger partial charge in [0.05, 0.1) is 11.3 Å². The van der Waals surface area contributed by atoms with Crippen LogP contribution in [0.15, 0.2) is 66.2 Å². The van der Waals surface area contributed by atoms with Gasteiger partial charge in [-0.3, -0.25) is 14.9 Å². The van der Waals surface area contributed by atoms with Crippen molar-refractivity contribution in [1.29, 1.82) is 0 Å². The van der Waals surface area contributed by atoms with Crippen LogP contribution in [0.2, 0.25) is 0 Å². The molecule has 0 saturated carbocycles. The largest absolute Gasteiger partial charge is 0.342 e. The first-order chi connectivity index (χ1) is 13.1. The van der Waals surface area contributed by atoms with E-state index in [9.17, 15) is 9.59 Å². The molecule has 0 aliphatic rings. The topological polar surface area (TPSA) is 64.0 Å². The number of para-hydroxylation sites is 1. The monoisotopic (exact) mass is 375 g/mol. The van der Waals surface area contributed by atoms with E-state index in [1.165, 1.54) is 11.3 Å². The fourth-order valence-corrected chi connectivity index (χ4v) is 3.71. The van der Waals surface area contributed by atoms with Crippen LogP contribution in [0.5, 0.6) is 0 Å². The average Bonchev–Trinajstić information content (AvgIpc) is 3.26. The van der Waals surface area contributed by atoms with Crippen LogP contribution in [0.25, 0.3) is 10.9 Å². The molecular formula is C21H17N3O2S. The number of thiazole rings is 1. The number of Topliss-reactive ketones (excluding diaryl/α,β-unsaturated/α-hetero) is 1. The number of anilines is 1. The van der Waals surface area contributed by atoms with E-state index in [0.29, 0.717) is 17.2 Å². The molecule has 0 radical (unpaired) electrons. The molecule has 0 aliphatic carbocycles. The third-order valence-corrected chi connectivity index (χ3v) is 5.15. The molecule has 4 aromatic rings. The summed E-state index contributed by atoms with van der Waals surface area (Å²) in [7, 11) is 0. The molecule has 0 saturated heterocycles. The maximum atomic E-state index is 12.8. The predicted molar refractivity (Wildman–Crippen MR) is 107 cm³/mol. The zero-order valence-corrected chi connectivity index (χ0v) is 15.5. The second-order valence-electron chi connectivity index (χ2n) is 6.25. The molecule has 5 nitrogen and oxygen atoms in total. The van der Waals surface area contributed by atoms with E-state index in [1.54, 1.807) is 6.20 Å². The molecular weight excluding hydrogens is 358 g/mol. The Balaban J connectivity index is 1.67. The number of hydrogen-bond donors (Lipinski definition) is 1. The number of benzene rings is 2. The number of carbonyl (C=O) groups is 2. The minimum absolute atomic E-state index is 0.396. The van der Waals surface area contributed by atoms with E-state index in [2.05, 4.69) is 10.3 Å². The lowest BCUT2D eigenvalue weighted by molar-refractivity contribution is -0.112. The molecule has 1 amide bonds. The summed E-state index contributed by atoms with van der Waals surface area (Å²) in [5.74, 6) is -1.24. The molecule has 0 aliphatic heterocycles. The third kappa shape index (κ3) is 3.52. The number of aromatic nitrogens is 2. The quantitative estimate of drug-likeness (QED) is 0.418. The molecule has 0 bridgehead atoms. The van der Waals surface area contributed by atoms with Crippen LogP contribution < -0.4 is 5.32 Å². The number of hydrogen-bond acceptors (Lipinski definition) is 4. The number of rotatable bonds is 5. The fraction of sp³-hybridized carbons (Fsp3) is 0.0952. The summed E-state index contributed by atoms with van der Waals surface area (Å²) in [6.45, 7) is 2.47. The van der Waals surface area contributed by atoms with Gasteiger partial charge in [0.15, 0.2) is 5.13 Å². The number of amides is 1. The molecule has 0 spiro atoms. The van der Waals surface area contributed by atoms with E-state index in [-0.39, 0.29) is 0 Å². The molecule has 0 atom stereocenters. The summed E-state index contributed by atoms with van der Waals surface area (Å²) >= 11 is 1.30. The molecule has 2 aromatic carbocycles. The Labute approximate surface area is 160 Å². The van der Waals surface area contributed by atoms with E-state index in [4.69, 9.17) is 0 Å². The van der Waals surface area contributed by atoms with Crippen LogP contribution in [-0.4, -0.2) is 21.2 Å². The van der Waals surface area contributed by atoms with Gasteiger partial charge < -0.3 is 4.57 Å². The molecule has 0 unspecified atom stereocenters. The first-order valence-corrected chi connectivity index (χ1v) is 9.39. The smallest absolute Gasteiger partial charge is 0.298 e. The summed E-state index contributed by atoms with van der Waals surface area (Å²) in [6, 6.07) is 17.6. The number of nitrogens with zero attached hydrogens (tertiary/aromatic N) is 2. The predicted octanol–water partition coefficient (Wildman–Crippen LogP) is 4.28. The molecule has 4 rings (SSSR count). The lowest BCUT2D eigenvalue weighted by Crippen LogP contribution is -2.22. The number of nitrogens with one attached hydrogen (secondary N) is 1. The molecule has 27 heavy (non-hydrogen) atoms. The molecule has 6 heteroatoms. The Bertz CT molecular complexity index is 1130. The number of ketones is 1. The van der Waals surface area contributed by atoms with E-state index >= 15 is 0 Å². The van der Waals surface area contributed by atoms with Crippen molar-refractivity contribution in [2.45, 2.75) is 13.5 Å². The number of fused-ring (bicyclic) bond motifs is 1. The summed E-state index contributed by atoms with van der Waals surface area (Å²) in [5.41, 5.74) is 3.25. The molecule has 0 fully saturated rings. The van der Waals surface area contributed by atoms with Gasteiger partial charge in [-0.25, -0.2) is 4.98 Å². The van der Waals surface area contributed by atoms with Crippen molar-refractivity contribution in [3.05, 3.63) is 83.0 Å². The number of carbonyl (C=O) groups excluding carboxylic acids is 2. The van der Waals surface area contributed by atoms with Gasteiger partial charge in [-0.15, -0.1) is 11.3 Å². The van der Waals surface area contributed by atoms with Crippen LogP contribution in [-0.2, 0) is 11.3 Å². The van der Waals surface area contributed by atoms with Crippen molar-refractivity contribution in [1.82, 2.24) is 9.55 Å². The highest BCUT2D eigenvalue weighted by molar-refractivity contribution is 7.14. The zero-order chi connectivity index (χ0) is 18.8. The Morgan fingerprint density at radius 3 is 2.56 bits per heavy atom. The lowest BCUT2D eigenvalue weighted by atomic mass is 10.1. The standard InChI is InChI=1S/C21H17N3O2S/c1-14-13-27-21(22-14)23-20(26)19(25)17-12-24(11-15-7-3-2-4-8-15)18-10-6-5-9-16(17)18/h2-10,12-13H,11H2,1H3,(H,22,23,26). The van der Waals surface area contributed by atoms with Gasteiger partial charge in [0.1, 0.15) is 0 Å². The summed E-state index contributed by atoms with van der Waals surface area (Å²) in [4.78, 5) is 29.4. The Kier molecular flexibility index (Phi) is 4.56. The van der Waals surface area contributed by atoms with Gasteiger partial charge >= 0.3 is 0 Å². The van der Waals surface area contributed by atoms with Gasteiger partial charge in [0.2, 0.25) is 0 Å². The van der Waals surface area contributed by atoms with Gasteiger partial charge in [-0.1, -0.05) is 48.5 Å². The van der Waals surface area contributed by atoms with Gasteiger partial charge in [-0.2, -0.15) is 0 Å². The second-order valence-corrected chi connectivity index (χ2v) is 7.11. The average molecular weight is 375 g/mol. The minimum Gasteiger partial charge on any atom is -0.342 e. The molecule has 1 N–H and O–H groups in total. The normalized spacial score (nSPS) is 10.9. The summed E-state index contributed by atoms with van der Waals surface area (Å²) in [6.07, 6.45) is 1.76. The highest BCUT2D eigenvalue weighted by Gasteiger charge is 2.22. The molecule has 2 aromatic heterocycles. The maximum absolute atomic E-state index is 12.8. The van der Waals surface area contributed by atoms with Crippen LogP contribution >= 0.6 is 11.3 Å². The van der Waals surface area contributed by atoms with E-state index in [1.807, 2.05) is 71.5 Å². The van der Waals surface area contributed by atoms with Crippen molar-refractivity contribution in [3.63, 3.8) is 0 Å². The van der Waals surface area contributed by atoms with Crippen molar-refractivity contribution >= 4 is 39.1 Å². The van der Waals surface area contributed by atoms with Crippen LogP contribution in [0.1, 0.15) is 21.6 Å². The highest BCUT2D eigenvalue weighted by atomic mass is 32.1. The molecule has 134 valence electrons. The fourth-order valence-electron chi connectivity index (χ4n) is 3.03. The summed E-state index contributed by atoms with van der Waals surface area (Å²) in [5, 5.41) is 5.62.